The van der Waals surface area contributed by atoms with Crippen molar-refractivity contribution in [3.63, 3.8) is 0 Å². The van der Waals surface area contributed by atoms with Gasteiger partial charge in [-0.15, -0.1) is 0 Å². The van der Waals surface area contributed by atoms with Gasteiger partial charge in [0, 0.05) is 12.4 Å². The molecule has 0 saturated carbocycles. The molecule has 0 fully saturated rings. The first-order chi connectivity index (χ1) is 9.42. The number of nitrogens with one attached hydrogen (secondary N) is 1. The number of carboxylic acids is 1. The van der Waals surface area contributed by atoms with Gasteiger partial charge in [-0.1, -0.05) is 6.07 Å². The molecule has 1 aromatic heterocycles. The molecule has 0 atom stereocenters. The van der Waals surface area contributed by atoms with Crippen LogP contribution in [-0.4, -0.2) is 24.5 Å². The van der Waals surface area contributed by atoms with Crippen LogP contribution < -0.4 is 4.72 Å². The number of rotatable bonds is 4. The van der Waals surface area contributed by atoms with Gasteiger partial charge in [-0.3, -0.25) is 9.71 Å². The van der Waals surface area contributed by atoms with Gasteiger partial charge in [0.25, 0.3) is 10.0 Å². The van der Waals surface area contributed by atoms with E-state index in [9.17, 15) is 13.2 Å². The van der Waals surface area contributed by atoms with Crippen LogP contribution in [0.15, 0.2) is 47.6 Å². The number of aromatic nitrogens is 1. The average Bonchev–Trinajstić information content (AvgIpc) is 2.41. The topological polar surface area (TPSA) is 96.4 Å². The Labute approximate surface area is 116 Å². The number of hydrogen-bond donors (Lipinski definition) is 2. The number of nitrogens with zero attached hydrogens (tertiary/aromatic N) is 1. The SMILES string of the molecule is Cc1c(NS(=O)(=O)c2cccnc2)cccc1C(=O)O. The van der Waals surface area contributed by atoms with Crippen molar-refractivity contribution in [1.82, 2.24) is 4.98 Å². The lowest BCUT2D eigenvalue weighted by Crippen LogP contribution is -2.15. The molecular formula is C13H12N2O4S. The normalized spacial score (nSPS) is 11.1. The number of benzene rings is 1. The van der Waals surface area contributed by atoms with Crippen LogP contribution in [0.4, 0.5) is 5.69 Å². The molecule has 0 aliphatic heterocycles. The maximum Gasteiger partial charge on any atom is 0.336 e. The van der Waals surface area contributed by atoms with Crippen molar-refractivity contribution < 1.29 is 18.3 Å². The summed E-state index contributed by atoms with van der Waals surface area (Å²) >= 11 is 0. The van der Waals surface area contributed by atoms with E-state index < -0.39 is 16.0 Å². The molecule has 1 heterocycles. The zero-order valence-corrected chi connectivity index (χ0v) is 11.4. The first kappa shape index (κ1) is 14.0. The fraction of sp³-hybridized carbons (Fsp3) is 0.0769. The molecule has 1 aromatic carbocycles. The van der Waals surface area contributed by atoms with Crippen molar-refractivity contribution in [1.29, 1.82) is 0 Å². The first-order valence-electron chi connectivity index (χ1n) is 5.67. The molecule has 20 heavy (non-hydrogen) atoms. The van der Waals surface area contributed by atoms with Crippen LogP contribution in [-0.2, 0) is 10.0 Å². The van der Waals surface area contributed by atoms with E-state index in [1.807, 2.05) is 0 Å². The van der Waals surface area contributed by atoms with Crippen molar-refractivity contribution in [2.24, 2.45) is 0 Å². The summed E-state index contributed by atoms with van der Waals surface area (Å²) < 4.78 is 26.6. The van der Waals surface area contributed by atoms with Crippen LogP contribution in [0.25, 0.3) is 0 Å². The van der Waals surface area contributed by atoms with E-state index in [1.54, 1.807) is 6.92 Å². The summed E-state index contributed by atoms with van der Waals surface area (Å²) in [5.74, 6) is -1.11. The quantitative estimate of drug-likeness (QED) is 0.897. The molecule has 6 nitrogen and oxygen atoms in total. The standard InChI is InChI=1S/C13H12N2O4S/c1-9-11(13(16)17)5-2-6-12(9)15-20(18,19)10-4-3-7-14-8-10/h2-8,15H,1H3,(H,16,17). The fourth-order valence-corrected chi connectivity index (χ4v) is 2.77. The van der Waals surface area contributed by atoms with Crippen LogP contribution in [0, 0.1) is 6.92 Å². The van der Waals surface area contributed by atoms with Crippen molar-refractivity contribution in [3.05, 3.63) is 53.9 Å². The molecule has 0 bridgehead atoms. The van der Waals surface area contributed by atoms with Gasteiger partial charge in [0.1, 0.15) is 4.90 Å². The number of aromatic carboxylic acids is 1. The highest BCUT2D eigenvalue weighted by molar-refractivity contribution is 7.92. The molecule has 104 valence electrons. The molecule has 2 rings (SSSR count). The lowest BCUT2D eigenvalue weighted by atomic mass is 10.1. The van der Waals surface area contributed by atoms with Crippen molar-refractivity contribution in [2.75, 3.05) is 4.72 Å². The Kier molecular flexibility index (Phi) is 3.71. The van der Waals surface area contributed by atoms with Gasteiger partial charge >= 0.3 is 5.97 Å². The third-order valence-corrected chi connectivity index (χ3v) is 4.10. The summed E-state index contributed by atoms with van der Waals surface area (Å²) in [5.41, 5.74) is 0.637. The first-order valence-corrected chi connectivity index (χ1v) is 7.16. The van der Waals surface area contributed by atoms with Gasteiger partial charge < -0.3 is 5.11 Å². The molecule has 0 unspecified atom stereocenters. The summed E-state index contributed by atoms with van der Waals surface area (Å²) in [7, 11) is -3.78. The molecule has 0 spiro atoms. The summed E-state index contributed by atoms with van der Waals surface area (Å²) in [4.78, 5) is 14.8. The number of carbonyl (C=O) groups is 1. The summed E-state index contributed by atoms with van der Waals surface area (Å²) in [5, 5.41) is 9.02. The monoisotopic (exact) mass is 292 g/mol. The van der Waals surface area contributed by atoms with Gasteiger partial charge in [0.15, 0.2) is 0 Å². The predicted molar refractivity (Wildman–Crippen MR) is 73.2 cm³/mol. The maximum absolute atomic E-state index is 12.1. The van der Waals surface area contributed by atoms with Crippen LogP contribution >= 0.6 is 0 Å². The van der Waals surface area contributed by atoms with Crippen LogP contribution in [0.1, 0.15) is 15.9 Å². The van der Waals surface area contributed by atoms with Crippen molar-refractivity contribution >= 4 is 21.7 Å². The van der Waals surface area contributed by atoms with Gasteiger partial charge in [-0.05, 0) is 36.8 Å². The minimum atomic E-state index is -3.78. The highest BCUT2D eigenvalue weighted by Crippen LogP contribution is 2.22. The number of carboxylic acid groups (broad SMARTS) is 1. The second-order valence-electron chi connectivity index (χ2n) is 4.08. The number of hydrogen-bond acceptors (Lipinski definition) is 4. The minimum Gasteiger partial charge on any atom is -0.478 e. The molecule has 0 saturated heterocycles. The second kappa shape index (κ2) is 5.30. The molecule has 0 amide bonds. The number of anilines is 1. The second-order valence-corrected chi connectivity index (χ2v) is 5.76. The van der Waals surface area contributed by atoms with Crippen molar-refractivity contribution in [3.8, 4) is 0 Å². The van der Waals surface area contributed by atoms with Gasteiger partial charge in [-0.2, -0.15) is 0 Å². The zero-order valence-electron chi connectivity index (χ0n) is 10.6. The van der Waals surface area contributed by atoms with Crippen molar-refractivity contribution in [2.45, 2.75) is 11.8 Å². The summed E-state index contributed by atoms with van der Waals surface area (Å²) in [6.45, 7) is 1.55. The Morgan fingerprint density at radius 2 is 2.00 bits per heavy atom. The van der Waals surface area contributed by atoms with Gasteiger partial charge in [0.05, 0.1) is 11.3 Å². The van der Waals surface area contributed by atoms with Gasteiger partial charge in [0.2, 0.25) is 0 Å². The van der Waals surface area contributed by atoms with Crippen LogP contribution in [0.3, 0.4) is 0 Å². The highest BCUT2D eigenvalue weighted by atomic mass is 32.2. The molecule has 0 aliphatic carbocycles. The van der Waals surface area contributed by atoms with E-state index in [0.29, 0.717) is 5.56 Å². The van der Waals surface area contributed by atoms with Crippen LogP contribution in [0.5, 0.6) is 0 Å². The zero-order chi connectivity index (χ0) is 14.8. The lowest BCUT2D eigenvalue weighted by molar-refractivity contribution is 0.0696. The summed E-state index contributed by atoms with van der Waals surface area (Å²) in [6.07, 6.45) is 2.69. The minimum absolute atomic E-state index is 0.0140. The molecule has 0 aliphatic rings. The predicted octanol–water partition coefficient (Wildman–Crippen LogP) is 1.89. The Balaban J connectivity index is 2.41. The Morgan fingerprint density at radius 3 is 2.60 bits per heavy atom. The Morgan fingerprint density at radius 1 is 1.25 bits per heavy atom. The molecule has 2 aromatic rings. The third-order valence-electron chi connectivity index (χ3n) is 2.75. The van der Waals surface area contributed by atoms with E-state index in [0.717, 1.165) is 0 Å². The average molecular weight is 292 g/mol. The lowest BCUT2D eigenvalue weighted by Gasteiger charge is -2.11. The third kappa shape index (κ3) is 2.77. The van der Waals surface area contributed by atoms with E-state index in [2.05, 4.69) is 9.71 Å². The Hall–Kier alpha value is -2.41. The van der Waals surface area contributed by atoms with E-state index in [-0.39, 0.29) is 16.1 Å². The van der Waals surface area contributed by atoms with E-state index in [1.165, 1.54) is 42.7 Å². The Bertz CT molecular complexity index is 742. The fourth-order valence-electron chi connectivity index (χ4n) is 1.69. The van der Waals surface area contributed by atoms with E-state index >= 15 is 0 Å². The van der Waals surface area contributed by atoms with E-state index in [4.69, 9.17) is 5.11 Å². The van der Waals surface area contributed by atoms with Gasteiger partial charge in [-0.25, -0.2) is 13.2 Å². The molecular weight excluding hydrogens is 280 g/mol. The molecule has 2 N–H and O–H groups in total. The highest BCUT2D eigenvalue weighted by Gasteiger charge is 2.17. The number of pyridine rings is 1. The largest absolute Gasteiger partial charge is 0.478 e. The number of sulfonamides is 1. The molecule has 7 heteroatoms. The summed E-state index contributed by atoms with van der Waals surface area (Å²) in [6, 6.07) is 7.33. The van der Waals surface area contributed by atoms with Crippen LogP contribution in [0.2, 0.25) is 0 Å². The molecule has 0 radical (unpaired) electrons. The maximum atomic E-state index is 12.1. The smallest absolute Gasteiger partial charge is 0.336 e.